The van der Waals surface area contributed by atoms with E-state index in [0.717, 1.165) is 32.4 Å². The Morgan fingerprint density at radius 2 is 1.00 bits per heavy atom. The van der Waals surface area contributed by atoms with Crippen molar-refractivity contribution in [2.24, 2.45) is 0 Å². The summed E-state index contributed by atoms with van der Waals surface area (Å²) < 4.78 is 12.2. The second kappa shape index (κ2) is 8.84. The zero-order chi connectivity index (χ0) is 20.1. The molecule has 1 aromatic heterocycles. The molecule has 3 nitrogen and oxygen atoms in total. The number of nitrogens with zero attached hydrogens (tertiary/aromatic N) is 1. The number of hydrogen-bond acceptors (Lipinski definition) is 4. The van der Waals surface area contributed by atoms with Crippen LogP contribution in [-0.4, -0.2) is 4.98 Å². The van der Waals surface area contributed by atoms with Crippen LogP contribution in [0.5, 0.6) is 23.3 Å². The fourth-order valence-electron chi connectivity index (χ4n) is 2.89. The fourth-order valence-corrected chi connectivity index (χ4v) is 3.90. The molecule has 0 radical (unpaired) electrons. The molecule has 0 atom stereocenters. The van der Waals surface area contributed by atoms with Crippen LogP contribution in [0.15, 0.2) is 101 Å². The molecule has 0 unspecified atom stereocenters. The van der Waals surface area contributed by atoms with Gasteiger partial charge >= 0.3 is 0 Å². The molecular formula is C25H21NO2S. The number of aromatic nitrogens is 1. The van der Waals surface area contributed by atoms with Crippen molar-refractivity contribution in [3.05, 3.63) is 102 Å². The third-order valence-corrected chi connectivity index (χ3v) is 5.73. The molecule has 0 aliphatic rings. The smallest absolute Gasteiger partial charge is 0.226 e. The Labute approximate surface area is 175 Å². The number of pyridine rings is 1. The van der Waals surface area contributed by atoms with Gasteiger partial charge in [0.2, 0.25) is 11.8 Å². The molecule has 3 aromatic carbocycles. The summed E-state index contributed by atoms with van der Waals surface area (Å²) in [6.45, 7) is 4.08. The standard InChI is InChI=1S/C25H21NO2S/c1-18-23(29-22-16-10-5-11-17-22)19(2)25(28-21-14-8-4-9-15-21)26-24(18)27-20-12-6-3-7-13-20/h3-17H,1-2H3. The van der Waals surface area contributed by atoms with Crippen molar-refractivity contribution in [3.63, 3.8) is 0 Å². The maximum atomic E-state index is 6.12. The maximum absolute atomic E-state index is 6.12. The van der Waals surface area contributed by atoms with E-state index in [1.165, 1.54) is 0 Å². The lowest BCUT2D eigenvalue weighted by atomic mass is 10.2. The summed E-state index contributed by atoms with van der Waals surface area (Å²) in [6, 6.07) is 29.7. The predicted molar refractivity (Wildman–Crippen MR) is 117 cm³/mol. The van der Waals surface area contributed by atoms with Crippen molar-refractivity contribution in [3.8, 4) is 23.3 Å². The minimum atomic E-state index is 0.547. The van der Waals surface area contributed by atoms with Gasteiger partial charge in [-0.15, -0.1) is 0 Å². The molecule has 0 spiro atoms. The largest absolute Gasteiger partial charge is 0.439 e. The fraction of sp³-hybridized carbons (Fsp3) is 0.0800. The molecule has 29 heavy (non-hydrogen) atoms. The lowest BCUT2D eigenvalue weighted by Gasteiger charge is -2.17. The van der Waals surface area contributed by atoms with E-state index in [1.54, 1.807) is 11.8 Å². The molecule has 4 aromatic rings. The summed E-state index contributed by atoms with van der Waals surface area (Å²) in [5.74, 6) is 2.58. The first-order chi connectivity index (χ1) is 14.2. The van der Waals surface area contributed by atoms with E-state index in [-0.39, 0.29) is 0 Å². The minimum absolute atomic E-state index is 0.547. The number of para-hydroxylation sites is 2. The third kappa shape index (κ3) is 4.61. The molecule has 0 bridgehead atoms. The maximum Gasteiger partial charge on any atom is 0.226 e. The van der Waals surface area contributed by atoms with E-state index in [1.807, 2.05) is 92.7 Å². The van der Waals surface area contributed by atoms with E-state index >= 15 is 0 Å². The zero-order valence-electron chi connectivity index (χ0n) is 16.3. The molecule has 0 saturated heterocycles. The quantitative estimate of drug-likeness (QED) is 0.337. The van der Waals surface area contributed by atoms with Gasteiger partial charge in [0.15, 0.2) is 0 Å². The normalized spacial score (nSPS) is 10.6. The van der Waals surface area contributed by atoms with Crippen LogP contribution < -0.4 is 9.47 Å². The molecule has 0 aliphatic carbocycles. The van der Waals surface area contributed by atoms with Crippen LogP contribution in [0.4, 0.5) is 0 Å². The van der Waals surface area contributed by atoms with Gasteiger partial charge in [-0.3, -0.25) is 0 Å². The Kier molecular flexibility index (Phi) is 5.82. The molecule has 144 valence electrons. The van der Waals surface area contributed by atoms with Gasteiger partial charge in [-0.2, -0.15) is 4.98 Å². The first-order valence-electron chi connectivity index (χ1n) is 9.40. The van der Waals surface area contributed by atoms with Gasteiger partial charge in [0.25, 0.3) is 0 Å². The van der Waals surface area contributed by atoms with E-state index in [4.69, 9.17) is 14.5 Å². The Hall–Kier alpha value is -3.24. The lowest BCUT2D eigenvalue weighted by Crippen LogP contribution is -2.00. The van der Waals surface area contributed by atoms with E-state index in [9.17, 15) is 0 Å². The van der Waals surface area contributed by atoms with Gasteiger partial charge < -0.3 is 9.47 Å². The Morgan fingerprint density at radius 1 is 0.586 bits per heavy atom. The summed E-state index contributed by atoms with van der Waals surface area (Å²) in [7, 11) is 0. The molecule has 0 saturated carbocycles. The third-order valence-electron chi connectivity index (χ3n) is 4.40. The lowest BCUT2D eigenvalue weighted by molar-refractivity contribution is 0.417. The van der Waals surface area contributed by atoms with Gasteiger partial charge in [-0.25, -0.2) is 0 Å². The number of ether oxygens (including phenoxy) is 2. The van der Waals surface area contributed by atoms with Crippen molar-refractivity contribution in [1.29, 1.82) is 0 Å². The summed E-state index contributed by atoms with van der Waals surface area (Å²) in [4.78, 5) is 6.95. The second-order valence-electron chi connectivity index (χ2n) is 6.55. The first-order valence-corrected chi connectivity index (χ1v) is 10.2. The summed E-state index contributed by atoms with van der Waals surface area (Å²) in [5, 5.41) is 0. The highest BCUT2D eigenvalue weighted by Crippen LogP contribution is 2.41. The van der Waals surface area contributed by atoms with Crippen LogP contribution in [0.3, 0.4) is 0 Å². The number of benzene rings is 3. The van der Waals surface area contributed by atoms with E-state index < -0.39 is 0 Å². The van der Waals surface area contributed by atoms with Crippen LogP contribution in [0.1, 0.15) is 11.1 Å². The van der Waals surface area contributed by atoms with E-state index in [2.05, 4.69) is 12.1 Å². The van der Waals surface area contributed by atoms with Gasteiger partial charge in [-0.1, -0.05) is 66.4 Å². The molecule has 1 heterocycles. The van der Waals surface area contributed by atoms with Crippen molar-refractivity contribution in [1.82, 2.24) is 4.98 Å². The first kappa shape index (κ1) is 19.1. The zero-order valence-corrected chi connectivity index (χ0v) is 17.1. The molecule has 0 aliphatic heterocycles. The molecule has 0 N–H and O–H groups in total. The van der Waals surface area contributed by atoms with Gasteiger partial charge in [0.1, 0.15) is 11.5 Å². The second-order valence-corrected chi connectivity index (χ2v) is 7.63. The Bertz CT molecular complexity index is 1020. The van der Waals surface area contributed by atoms with Crippen LogP contribution in [-0.2, 0) is 0 Å². The average molecular weight is 400 g/mol. The summed E-state index contributed by atoms with van der Waals surface area (Å²) >= 11 is 1.69. The Morgan fingerprint density at radius 3 is 1.45 bits per heavy atom. The van der Waals surface area contributed by atoms with Crippen molar-refractivity contribution in [2.45, 2.75) is 23.6 Å². The predicted octanol–water partition coefficient (Wildman–Crippen LogP) is 7.43. The van der Waals surface area contributed by atoms with Crippen molar-refractivity contribution >= 4 is 11.8 Å². The number of rotatable bonds is 6. The molecule has 4 heteroatoms. The molecule has 0 fully saturated rings. The summed E-state index contributed by atoms with van der Waals surface area (Å²) in [6.07, 6.45) is 0. The Balaban J connectivity index is 1.77. The topological polar surface area (TPSA) is 31.4 Å². The monoisotopic (exact) mass is 399 g/mol. The SMILES string of the molecule is Cc1c(Oc2ccccc2)nc(Oc2ccccc2)c(C)c1Sc1ccccc1. The van der Waals surface area contributed by atoms with Crippen molar-refractivity contribution < 1.29 is 9.47 Å². The molecular weight excluding hydrogens is 378 g/mol. The minimum Gasteiger partial charge on any atom is -0.439 e. The van der Waals surface area contributed by atoms with Gasteiger partial charge in [0.05, 0.1) is 0 Å². The number of hydrogen-bond donors (Lipinski definition) is 0. The average Bonchev–Trinajstić information content (AvgIpc) is 2.77. The highest BCUT2D eigenvalue weighted by atomic mass is 32.2. The van der Waals surface area contributed by atoms with Crippen molar-refractivity contribution in [2.75, 3.05) is 0 Å². The highest BCUT2D eigenvalue weighted by Gasteiger charge is 2.18. The van der Waals surface area contributed by atoms with Crippen LogP contribution in [0.25, 0.3) is 0 Å². The van der Waals surface area contributed by atoms with Crippen LogP contribution >= 0.6 is 11.8 Å². The van der Waals surface area contributed by atoms with E-state index in [0.29, 0.717) is 11.8 Å². The summed E-state index contributed by atoms with van der Waals surface area (Å²) in [5.41, 5.74) is 1.97. The molecule has 0 amide bonds. The van der Waals surface area contributed by atoms with Crippen LogP contribution in [0, 0.1) is 13.8 Å². The van der Waals surface area contributed by atoms with Crippen LogP contribution in [0.2, 0.25) is 0 Å². The van der Waals surface area contributed by atoms with Gasteiger partial charge in [-0.05, 0) is 50.2 Å². The highest BCUT2D eigenvalue weighted by molar-refractivity contribution is 7.99. The molecule has 4 rings (SSSR count). The van der Waals surface area contributed by atoms with Gasteiger partial charge in [0, 0.05) is 20.9 Å².